The zero-order valence-corrected chi connectivity index (χ0v) is 18.7. The average Bonchev–Trinajstić information content (AvgIpc) is 3.36. The molecule has 1 fully saturated rings. The number of anilines is 3. The first-order valence-electron chi connectivity index (χ1n) is 9.70. The number of amides is 1. The summed E-state index contributed by atoms with van der Waals surface area (Å²) in [6.07, 6.45) is 5.81. The van der Waals surface area contributed by atoms with Gasteiger partial charge in [0.1, 0.15) is 17.7 Å². The molecule has 0 bridgehead atoms. The number of aromatic nitrogens is 3. The molecule has 1 aliphatic heterocycles. The molecule has 0 radical (unpaired) electrons. The van der Waals surface area contributed by atoms with Crippen molar-refractivity contribution < 1.29 is 13.2 Å². The third-order valence-electron chi connectivity index (χ3n) is 4.75. The molecular formula is C20H22N6O3S2. The van der Waals surface area contributed by atoms with Gasteiger partial charge in [0.25, 0.3) is 5.91 Å². The number of carbonyl (C=O) groups is 1. The number of hydrogen-bond donors (Lipinski definition) is 2. The number of nitrogens with one attached hydrogen (secondary N) is 2. The normalized spacial score (nSPS) is 16.3. The van der Waals surface area contributed by atoms with Gasteiger partial charge in [-0.1, -0.05) is 17.4 Å². The molecule has 0 aromatic carbocycles. The maximum absolute atomic E-state index is 12.4. The minimum Gasteiger partial charge on any atom is -0.336 e. The quantitative estimate of drug-likeness (QED) is 0.579. The Morgan fingerprint density at radius 3 is 2.84 bits per heavy atom. The van der Waals surface area contributed by atoms with Crippen LogP contribution in [-0.4, -0.2) is 48.1 Å². The van der Waals surface area contributed by atoms with E-state index < -0.39 is 22.0 Å². The fraction of sp³-hybridized carbons (Fsp3) is 0.300. The summed E-state index contributed by atoms with van der Waals surface area (Å²) in [5.74, 6) is 0.857. The fourth-order valence-electron chi connectivity index (χ4n) is 3.41. The number of hydrogen-bond acceptors (Lipinski definition) is 9. The zero-order chi connectivity index (χ0) is 22.0. The van der Waals surface area contributed by atoms with Gasteiger partial charge in [-0.05, 0) is 49.6 Å². The molecule has 4 heterocycles. The smallest absolute Gasteiger partial charge is 0.256 e. The molecule has 4 rings (SSSR count). The Morgan fingerprint density at radius 2 is 2.06 bits per heavy atom. The van der Waals surface area contributed by atoms with Gasteiger partial charge in [0, 0.05) is 18.9 Å². The van der Waals surface area contributed by atoms with Crippen LogP contribution >= 0.6 is 11.3 Å². The minimum atomic E-state index is -3.60. The fourth-order valence-corrected chi connectivity index (χ4v) is 4.88. The highest BCUT2D eigenvalue weighted by Crippen LogP contribution is 2.34. The molecule has 1 amide bonds. The third kappa shape index (κ3) is 5.17. The highest BCUT2D eigenvalue weighted by atomic mass is 32.2. The monoisotopic (exact) mass is 458 g/mol. The van der Waals surface area contributed by atoms with E-state index in [1.54, 1.807) is 12.4 Å². The summed E-state index contributed by atoms with van der Waals surface area (Å²) in [6.45, 7) is 2.64. The molecule has 0 saturated carbocycles. The molecule has 1 aliphatic rings. The van der Waals surface area contributed by atoms with Gasteiger partial charge in [-0.25, -0.2) is 23.4 Å². The molecule has 9 nitrogen and oxygen atoms in total. The molecule has 0 aliphatic carbocycles. The third-order valence-corrected chi connectivity index (χ3v) is 6.38. The van der Waals surface area contributed by atoms with Crippen LogP contribution in [0.15, 0.2) is 42.7 Å². The van der Waals surface area contributed by atoms with E-state index in [-0.39, 0.29) is 0 Å². The lowest BCUT2D eigenvalue weighted by atomic mass is 10.2. The number of carbonyl (C=O) groups excluding carboxylic acids is 1. The van der Waals surface area contributed by atoms with Gasteiger partial charge < -0.3 is 10.2 Å². The molecule has 1 atom stereocenters. The van der Waals surface area contributed by atoms with Gasteiger partial charge in [0.15, 0.2) is 5.13 Å². The van der Waals surface area contributed by atoms with Crippen molar-refractivity contribution in [1.29, 1.82) is 0 Å². The van der Waals surface area contributed by atoms with Crippen molar-refractivity contribution in [3.05, 3.63) is 48.3 Å². The second kappa shape index (κ2) is 8.60. The topological polar surface area (TPSA) is 117 Å². The Kier molecular flexibility index (Phi) is 5.88. The standard InChI is InChI=1S/C20H22N6O3S2/c1-13-8-9-21-18(11-13)24-17-7-3-5-14(23-17)16-12-22-20(30-16)26-10-4-6-15(26)19(27)25-31(2,28)29/h3,5,7-9,11-12,15H,4,6,10H2,1-2H3,(H,25,27)(H,21,23,24)/t15-/m0/s1. The SMILES string of the molecule is Cc1ccnc(Nc2cccc(-c3cnc(N4CCC[C@H]4C(=O)NS(C)(=O)=O)s3)n2)c1. The maximum atomic E-state index is 12.4. The van der Waals surface area contributed by atoms with Crippen LogP contribution in [0.25, 0.3) is 10.6 Å². The molecular weight excluding hydrogens is 436 g/mol. The summed E-state index contributed by atoms with van der Waals surface area (Å²) >= 11 is 1.42. The largest absolute Gasteiger partial charge is 0.336 e. The molecule has 1 saturated heterocycles. The van der Waals surface area contributed by atoms with Crippen LogP contribution in [0, 0.1) is 6.92 Å². The number of sulfonamides is 1. The lowest BCUT2D eigenvalue weighted by molar-refractivity contribution is -0.120. The van der Waals surface area contributed by atoms with E-state index in [2.05, 4.69) is 25.0 Å². The van der Waals surface area contributed by atoms with Crippen LogP contribution in [0.5, 0.6) is 0 Å². The summed E-state index contributed by atoms with van der Waals surface area (Å²) in [6, 6.07) is 8.97. The Morgan fingerprint density at radius 1 is 1.23 bits per heavy atom. The van der Waals surface area contributed by atoms with Crippen LogP contribution in [0.1, 0.15) is 18.4 Å². The second-order valence-electron chi connectivity index (χ2n) is 7.35. The first-order chi connectivity index (χ1) is 14.8. The molecule has 3 aromatic heterocycles. The van der Waals surface area contributed by atoms with Crippen molar-refractivity contribution in [3.63, 3.8) is 0 Å². The Balaban J connectivity index is 1.53. The van der Waals surface area contributed by atoms with E-state index in [0.29, 0.717) is 29.7 Å². The van der Waals surface area contributed by atoms with E-state index in [0.717, 1.165) is 28.8 Å². The summed E-state index contributed by atoms with van der Waals surface area (Å²) in [5.41, 5.74) is 1.85. The lowest BCUT2D eigenvalue weighted by Gasteiger charge is -2.22. The molecule has 31 heavy (non-hydrogen) atoms. The van der Waals surface area contributed by atoms with Gasteiger partial charge in [0.05, 0.1) is 16.8 Å². The van der Waals surface area contributed by atoms with Crippen LogP contribution in [0.4, 0.5) is 16.8 Å². The van der Waals surface area contributed by atoms with Crippen LogP contribution < -0.4 is 14.9 Å². The predicted molar refractivity (Wildman–Crippen MR) is 121 cm³/mol. The molecule has 0 unspecified atom stereocenters. The lowest BCUT2D eigenvalue weighted by Crippen LogP contribution is -2.45. The molecule has 11 heteroatoms. The summed E-state index contributed by atoms with van der Waals surface area (Å²) in [4.78, 5) is 28.5. The number of aryl methyl sites for hydroxylation is 1. The number of pyridine rings is 2. The predicted octanol–water partition coefficient (Wildman–Crippen LogP) is 2.70. The van der Waals surface area contributed by atoms with Crippen molar-refractivity contribution in [3.8, 4) is 10.6 Å². The van der Waals surface area contributed by atoms with E-state index in [9.17, 15) is 13.2 Å². The first kappa shape index (κ1) is 21.2. The van der Waals surface area contributed by atoms with Crippen LogP contribution in [0.2, 0.25) is 0 Å². The Labute approximate surface area is 184 Å². The number of nitrogens with zero attached hydrogens (tertiary/aromatic N) is 4. The van der Waals surface area contributed by atoms with Crippen molar-refractivity contribution in [1.82, 2.24) is 19.7 Å². The average molecular weight is 459 g/mol. The summed E-state index contributed by atoms with van der Waals surface area (Å²) in [7, 11) is -3.60. The van der Waals surface area contributed by atoms with E-state index in [4.69, 9.17) is 0 Å². The van der Waals surface area contributed by atoms with Gasteiger partial charge in [-0.3, -0.25) is 9.52 Å². The molecule has 0 spiro atoms. The number of thiazole rings is 1. The van der Waals surface area contributed by atoms with Crippen molar-refractivity contribution in [2.24, 2.45) is 0 Å². The van der Waals surface area contributed by atoms with Gasteiger partial charge in [0.2, 0.25) is 10.0 Å². The van der Waals surface area contributed by atoms with E-state index in [1.807, 2.05) is 42.2 Å². The van der Waals surface area contributed by atoms with Gasteiger partial charge in [-0.15, -0.1) is 0 Å². The van der Waals surface area contributed by atoms with Crippen molar-refractivity contribution >= 4 is 44.0 Å². The van der Waals surface area contributed by atoms with Gasteiger partial charge >= 0.3 is 0 Å². The first-order valence-corrected chi connectivity index (χ1v) is 12.4. The van der Waals surface area contributed by atoms with E-state index >= 15 is 0 Å². The molecule has 3 aromatic rings. The van der Waals surface area contributed by atoms with Crippen LogP contribution in [0.3, 0.4) is 0 Å². The second-order valence-corrected chi connectivity index (χ2v) is 10.1. The Bertz CT molecular complexity index is 1210. The van der Waals surface area contributed by atoms with Crippen molar-refractivity contribution in [2.75, 3.05) is 23.0 Å². The highest BCUT2D eigenvalue weighted by Gasteiger charge is 2.33. The van der Waals surface area contributed by atoms with Crippen LogP contribution in [-0.2, 0) is 14.8 Å². The number of rotatable bonds is 6. The van der Waals surface area contributed by atoms with E-state index in [1.165, 1.54) is 11.3 Å². The maximum Gasteiger partial charge on any atom is 0.256 e. The van der Waals surface area contributed by atoms with Gasteiger partial charge in [-0.2, -0.15) is 0 Å². The zero-order valence-electron chi connectivity index (χ0n) is 17.1. The highest BCUT2D eigenvalue weighted by molar-refractivity contribution is 7.89. The summed E-state index contributed by atoms with van der Waals surface area (Å²) in [5, 5.41) is 3.87. The Hall–Kier alpha value is -3.05. The molecule has 2 N–H and O–H groups in total. The summed E-state index contributed by atoms with van der Waals surface area (Å²) < 4.78 is 24.9. The molecule has 162 valence electrons. The van der Waals surface area contributed by atoms with Crippen molar-refractivity contribution in [2.45, 2.75) is 25.8 Å². The minimum absolute atomic E-state index is 0.522.